The molecule has 1 aliphatic heterocycles. The Morgan fingerprint density at radius 3 is 2.24 bits per heavy atom. The lowest BCUT2D eigenvalue weighted by Gasteiger charge is -2.26. The van der Waals surface area contributed by atoms with Gasteiger partial charge in [-0.05, 0) is 95.5 Å². The third-order valence-corrected chi connectivity index (χ3v) is 8.41. The standard InChI is InChI=1S/C33H27BrN2O8S/c1-3-42-29-19-23(18-28(34)30(29)44-45(40,41)26-15-9-21(2)10-16-26)17-27-31(37)35-33(39)36(32(27)38)24-11-13-25(14-12-24)43-20-22-7-5-4-6-8-22/h4-19H,3,20H2,1-2H3,(H,35,37,39)/b27-17+. The van der Waals surface area contributed by atoms with Crippen LogP contribution in [-0.2, 0) is 26.3 Å². The van der Waals surface area contributed by atoms with Crippen LogP contribution in [0.1, 0.15) is 23.6 Å². The monoisotopic (exact) mass is 690 g/mol. The van der Waals surface area contributed by atoms with Crippen molar-refractivity contribution in [3.8, 4) is 17.2 Å². The highest BCUT2D eigenvalue weighted by Gasteiger charge is 2.37. The molecule has 1 aliphatic rings. The molecular formula is C33H27BrN2O8S. The maximum atomic E-state index is 13.5. The number of halogens is 1. The Labute approximate surface area is 268 Å². The second-order valence-electron chi connectivity index (χ2n) is 9.84. The maximum Gasteiger partial charge on any atom is 0.339 e. The Morgan fingerprint density at radius 1 is 0.889 bits per heavy atom. The Morgan fingerprint density at radius 2 is 1.58 bits per heavy atom. The van der Waals surface area contributed by atoms with Crippen LogP contribution >= 0.6 is 15.9 Å². The highest BCUT2D eigenvalue weighted by Crippen LogP contribution is 2.39. The normalized spacial score (nSPS) is 14.3. The number of aryl methyl sites for hydroxylation is 1. The van der Waals surface area contributed by atoms with Crippen LogP contribution in [0, 0.1) is 6.92 Å². The van der Waals surface area contributed by atoms with Crippen LogP contribution in [0.25, 0.3) is 6.08 Å². The van der Waals surface area contributed by atoms with Crippen LogP contribution in [0.3, 0.4) is 0 Å². The summed E-state index contributed by atoms with van der Waals surface area (Å²) in [6, 6.07) is 24.1. The van der Waals surface area contributed by atoms with Crippen LogP contribution < -0.4 is 23.9 Å². The number of hydrogen-bond acceptors (Lipinski definition) is 8. The molecule has 0 aromatic heterocycles. The van der Waals surface area contributed by atoms with E-state index in [2.05, 4.69) is 21.2 Å². The van der Waals surface area contributed by atoms with Crippen LogP contribution in [0.4, 0.5) is 10.5 Å². The van der Waals surface area contributed by atoms with Gasteiger partial charge < -0.3 is 13.7 Å². The largest absolute Gasteiger partial charge is 0.490 e. The van der Waals surface area contributed by atoms with Gasteiger partial charge in [0.25, 0.3) is 11.8 Å². The molecular weight excluding hydrogens is 664 g/mol. The fourth-order valence-corrected chi connectivity index (χ4v) is 5.97. The van der Waals surface area contributed by atoms with Gasteiger partial charge in [0.05, 0.1) is 16.8 Å². The third kappa shape index (κ3) is 7.24. The number of anilines is 1. The lowest BCUT2D eigenvalue weighted by molar-refractivity contribution is -0.122. The Kier molecular flexibility index (Phi) is 9.35. The lowest BCUT2D eigenvalue weighted by Crippen LogP contribution is -2.54. The second-order valence-corrected chi connectivity index (χ2v) is 12.2. The van der Waals surface area contributed by atoms with Gasteiger partial charge in [-0.3, -0.25) is 14.9 Å². The SMILES string of the molecule is CCOc1cc(/C=C2\C(=O)NC(=O)N(c3ccc(OCc4ccccc4)cc3)C2=O)cc(Br)c1OS(=O)(=O)c1ccc(C)cc1. The summed E-state index contributed by atoms with van der Waals surface area (Å²) in [5.74, 6) is -1.26. The first kappa shape index (κ1) is 31.5. The van der Waals surface area contributed by atoms with E-state index in [1.54, 1.807) is 31.2 Å². The third-order valence-electron chi connectivity index (χ3n) is 6.59. The molecule has 0 radical (unpaired) electrons. The molecule has 0 spiro atoms. The average molecular weight is 692 g/mol. The number of carbonyl (C=O) groups excluding carboxylic acids is 3. The van der Waals surface area contributed by atoms with Gasteiger partial charge in [0.1, 0.15) is 22.8 Å². The fraction of sp³-hybridized carbons (Fsp3) is 0.121. The quantitative estimate of drug-likeness (QED) is 0.119. The number of benzene rings is 4. The van der Waals surface area contributed by atoms with Crippen molar-refractivity contribution in [2.24, 2.45) is 0 Å². The molecule has 1 saturated heterocycles. The highest BCUT2D eigenvalue weighted by atomic mass is 79.9. The zero-order valence-electron chi connectivity index (χ0n) is 24.2. The topological polar surface area (TPSA) is 128 Å². The first-order valence-corrected chi connectivity index (χ1v) is 15.9. The van der Waals surface area contributed by atoms with Gasteiger partial charge in [0.15, 0.2) is 11.5 Å². The second kappa shape index (κ2) is 13.4. The van der Waals surface area contributed by atoms with Gasteiger partial charge in [-0.1, -0.05) is 48.0 Å². The number of ether oxygens (including phenoxy) is 2. The van der Waals surface area contributed by atoms with E-state index >= 15 is 0 Å². The summed E-state index contributed by atoms with van der Waals surface area (Å²) in [4.78, 5) is 39.8. The van der Waals surface area contributed by atoms with Crippen molar-refractivity contribution >= 4 is 55.7 Å². The summed E-state index contributed by atoms with van der Waals surface area (Å²) in [5.41, 5.74) is 2.07. The van der Waals surface area contributed by atoms with Crippen molar-refractivity contribution in [3.63, 3.8) is 0 Å². The number of hydrogen-bond donors (Lipinski definition) is 1. The number of imide groups is 2. The van der Waals surface area contributed by atoms with Gasteiger partial charge in [0, 0.05) is 0 Å². The molecule has 5 rings (SSSR count). The van der Waals surface area contributed by atoms with Gasteiger partial charge in [-0.15, -0.1) is 0 Å². The number of carbonyl (C=O) groups is 3. The van der Waals surface area contributed by atoms with E-state index in [1.165, 1.54) is 42.5 Å². The minimum Gasteiger partial charge on any atom is -0.490 e. The number of amides is 4. The van der Waals surface area contributed by atoms with Crippen molar-refractivity contribution in [1.29, 1.82) is 0 Å². The molecule has 0 saturated carbocycles. The molecule has 4 aromatic rings. The van der Waals surface area contributed by atoms with Crippen molar-refractivity contribution in [3.05, 3.63) is 118 Å². The molecule has 0 bridgehead atoms. The molecule has 4 aromatic carbocycles. The van der Waals surface area contributed by atoms with E-state index in [0.717, 1.165) is 16.0 Å². The predicted octanol–water partition coefficient (Wildman–Crippen LogP) is 6.17. The molecule has 1 N–H and O–H groups in total. The summed E-state index contributed by atoms with van der Waals surface area (Å²) in [6.07, 6.45) is 1.28. The molecule has 230 valence electrons. The number of urea groups is 1. The van der Waals surface area contributed by atoms with E-state index in [9.17, 15) is 22.8 Å². The number of rotatable bonds is 10. The molecule has 1 fully saturated rings. The van der Waals surface area contributed by atoms with Gasteiger partial charge in [-0.2, -0.15) is 8.42 Å². The van der Waals surface area contributed by atoms with Crippen LogP contribution in [0.2, 0.25) is 0 Å². The van der Waals surface area contributed by atoms with Gasteiger partial charge in [-0.25, -0.2) is 9.69 Å². The molecule has 45 heavy (non-hydrogen) atoms. The zero-order chi connectivity index (χ0) is 32.1. The van der Waals surface area contributed by atoms with E-state index in [4.69, 9.17) is 13.7 Å². The molecule has 0 atom stereocenters. The Bertz CT molecular complexity index is 1890. The van der Waals surface area contributed by atoms with Gasteiger partial charge in [0.2, 0.25) is 0 Å². The lowest BCUT2D eigenvalue weighted by atomic mass is 10.1. The van der Waals surface area contributed by atoms with Crippen molar-refractivity contribution in [2.75, 3.05) is 11.5 Å². The predicted molar refractivity (Wildman–Crippen MR) is 171 cm³/mol. The molecule has 10 nitrogen and oxygen atoms in total. The van der Waals surface area contributed by atoms with Crippen LogP contribution in [0.15, 0.2) is 106 Å². The summed E-state index contributed by atoms with van der Waals surface area (Å²) < 4.78 is 43.0. The molecule has 0 aliphatic carbocycles. The Hall–Kier alpha value is -4.94. The molecule has 4 amide bonds. The fourth-order valence-electron chi connectivity index (χ4n) is 4.37. The smallest absolute Gasteiger partial charge is 0.339 e. The van der Waals surface area contributed by atoms with Crippen LogP contribution in [-0.4, -0.2) is 32.9 Å². The van der Waals surface area contributed by atoms with E-state index in [1.807, 2.05) is 37.3 Å². The van der Waals surface area contributed by atoms with Crippen LogP contribution in [0.5, 0.6) is 17.2 Å². The first-order valence-electron chi connectivity index (χ1n) is 13.7. The van der Waals surface area contributed by atoms with E-state index in [0.29, 0.717) is 17.9 Å². The van der Waals surface area contributed by atoms with Gasteiger partial charge >= 0.3 is 16.1 Å². The zero-order valence-corrected chi connectivity index (χ0v) is 26.6. The molecule has 1 heterocycles. The first-order chi connectivity index (χ1) is 21.6. The average Bonchev–Trinajstić information content (AvgIpc) is 3.01. The minimum absolute atomic E-state index is 0.0429. The van der Waals surface area contributed by atoms with E-state index < -0.39 is 28.0 Å². The summed E-state index contributed by atoms with van der Waals surface area (Å²) >= 11 is 3.33. The van der Waals surface area contributed by atoms with Crippen molar-refractivity contribution in [1.82, 2.24) is 5.32 Å². The summed E-state index contributed by atoms with van der Waals surface area (Å²) in [7, 11) is -4.21. The minimum atomic E-state index is -4.21. The maximum absolute atomic E-state index is 13.5. The Balaban J connectivity index is 1.40. The molecule has 0 unspecified atom stereocenters. The van der Waals surface area contributed by atoms with Crippen molar-refractivity contribution < 1.29 is 36.5 Å². The summed E-state index contributed by atoms with van der Waals surface area (Å²) in [5, 5.41) is 2.19. The number of barbiturate groups is 1. The van der Waals surface area contributed by atoms with E-state index in [-0.39, 0.29) is 38.7 Å². The summed E-state index contributed by atoms with van der Waals surface area (Å²) in [6.45, 7) is 4.04. The number of nitrogens with zero attached hydrogens (tertiary/aromatic N) is 1. The molecule has 12 heteroatoms. The number of nitrogens with one attached hydrogen (secondary N) is 1. The highest BCUT2D eigenvalue weighted by molar-refractivity contribution is 9.10. The van der Waals surface area contributed by atoms with Crippen molar-refractivity contribution in [2.45, 2.75) is 25.3 Å².